The topological polar surface area (TPSA) is 469 Å². The molecule has 5 saturated heterocycles. The monoisotopic (exact) mass is 1870 g/mol. The molecule has 9 aromatic heterocycles. The average molecular weight is 1870 g/mol. The predicted octanol–water partition coefficient (Wildman–Crippen LogP) is 9.39. The number of nitrogens with two attached hydrogens (primary N) is 5. The van der Waals surface area contributed by atoms with E-state index in [4.69, 9.17) is 117 Å². The fourth-order valence-electron chi connectivity index (χ4n) is 18.3. The maximum atomic E-state index is 10.3. The number of aryl methyl sites for hydroxylation is 5. The van der Waals surface area contributed by atoms with Crippen LogP contribution in [-0.4, -0.2) is 239 Å². The van der Waals surface area contributed by atoms with E-state index in [1.807, 2.05) is 83.3 Å². The molecule has 10 aliphatic heterocycles. The van der Waals surface area contributed by atoms with Crippen molar-refractivity contribution in [3.05, 3.63) is 236 Å². The lowest BCUT2D eigenvalue weighted by atomic mass is 9.60. The number of pyridine rings is 4. The van der Waals surface area contributed by atoms with E-state index in [1.165, 1.54) is 12.8 Å². The Labute approximate surface area is 785 Å². The first-order valence-corrected chi connectivity index (χ1v) is 46.4. The summed E-state index contributed by atoms with van der Waals surface area (Å²) in [5.41, 5.74) is 48.7. The average Bonchev–Trinajstić information content (AvgIpc) is 1.56. The van der Waals surface area contributed by atoms with Gasteiger partial charge in [0.25, 0.3) is 0 Å². The molecule has 33 nitrogen and oxygen atoms in total. The van der Waals surface area contributed by atoms with Gasteiger partial charge in [0.2, 0.25) is 0 Å². The van der Waals surface area contributed by atoms with Gasteiger partial charge >= 0.3 is 0 Å². The highest BCUT2D eigenvalue weighted by atomic mass is 35.5. The maximum Gasteiger partial charge on any atom is 0.147 e. The van der Waals surface area contributed by atoms with Crippen molar-refractivity contribution in [2.75, 3.05) is 116 Å². The summed E-state index contributed by atoms with van der Waals surface area (Å²) in [6.07, 6.45) is 26.1. The zero-order chi connectivity index (χ0) is 91.8. The number of piperidine rings is 5. The van der Waals surface area contributed by atoms with Crippen LogP contribution in [0.4, 0.5) is 29.1 Å². The Hall–Kier alpha value is -10.3. The highest BCUT2D eigenvalue weighted by Crippen LogP contribution is 2.49. The summed E-state index contributed by atoms with van der Waals surface area (Å²) in [5.74, 6) is 4.26. The third-order valence-corrected chi connectivity index (χ3v) is 29.3. The van der Waals surface area contributed by atoms with E-state index in [0.29, 0.717) is 134 Å². The smallest absolute Gasteiger partial charge is 0.147 e. The van der Waals surface area contributed by atoms with Gasteiger partial charge in [-0.2, -0.15) is 0 Å². The molecule has 684 valence electrons. The highest BCUT2D eigenvalue weighted by Gasteiger charge is 2.47. The van der Waals surface area contributed by atoms with E-state index in [0.717, 1.165) is 249 Å². The molecule has 1 aromatic carbocycles. The largest absolute Gasteiger partial charge is 0.394 e. The third-order valence-electron chi connectivity index (χ3n) is 27.3. The lowest BCUT2D eigenvalue weighted by Crippen LogP contribution is -2.56. The van der Waals surface area contributed by atoms with Crippen molar-refractivity contribution in [1.29, 1.82) is 0 Å². The van der Waals surface area contributed by atoms with Crippen LogP contribution >= 0.6 is 58.0 Å². The standard InChI is InChI=1S/C20H23ClN6.C19H22ClN5O.3C18H21ClN6O/c1-12-17(21)13(3-7-23-12)18-19-14(10-24-18)26-16(11-25-19)27-8-5-20(6-9-27)4-2-15(20)22;1-12-3-2-4-13(20)16(12)18-17-14(9-22-18)24-15(10-23-17)25-7-5-19(21,11-26)6-8-25;1-11-15(19)12(2-5-21-11)16-17-13(8-22-16)24-14(9-23-17)25-6-3-18(20,10-26)4-7-25;1-11-15(19)12(2-5-21-11)16-17-13(8-22-16)24-14(9-23-17)25-6-3-18(26,10-20)4-7-25;1-11-6-12(13(19)7-21-11)16-17-14(8-22-16)24-15(9-23-17)25-4-2-18(26,10-20)3-5-25/h3,7,11,15H,2,4-6,8-10,22H2,1H3;2-4,10,26H,5-9,11,21H2,1H3;2*2,5,9,26H,3-4,6-8,10,20H2,1H3;6-7,9,26H,2-5,8,10,20H2,1H3. The van der Waals surface area contributed by atoms with E-state index in [2.05, 4.69) is 89.3 Å². The molecule has 0 amide bonds. The minimum Gasteiger partial charge on any atom is -0.394 e. The second-order valence-electron chi connectivity index (χ2n) is 35.8. The van der Waals surface area contributed by atoms with Gasteiger partial charge in [-0.15, -0.1) is 0 Å². The molecule has 0 bridgehead atoms. The minimum absolute atomic E-state index is 0.0139. The molecule has 131 heavy (non-hydrogen) atoms. The van der Waals surface area contributed by atoms with Gasteiger partial charge in [-0.3, -0.25) is 44.9 Å². The van der Waals surface area contributed by atoms with E-state index in [1.54, 1.807) is 49.6 Å². The quantitative estimate of drug-likeness (QED) is 0.0489. The summed E-state index contributed by atoms with van der Waals surface area (Å²) in [6, 6.07) is 13.8. The van der Waals surface area contributed by atoms with Gasteiger partial charge in [-0.1, -0.05) is 70.1 Å². The summed E-state index contributed by atoms with van der Waals surface area (Å²) >= 11 is 31.9. The van der Waals surface area contributed by atoms with E-state index in [9.17, 15) is 20.4 Å². The minimum atomic E-state index is -0.757. The maximum absolute atomic E-state index is 10.3. The Morgan fingerprint density at radius 1 is 0.374 bits per heavy atom. The van der Waals surface area contributed by atoms with Gasteiger partial charge in [-0.05, 0) is 153 Å². The molecule has 38 heteroatoms. The molecule has 14 N–H and O–H groups in total. The number of aromatic nitrogens is 14. The number of rotatable bonds is 14. The first-order chi connectivity index (χ1) is 63.1. The molecule has 1 spiro atoms. The number of hydrogen-bond acceptors (Lipinski definition) is 33. The van der Waals surface area contributed by atoms with Crippen molar-refractivity contribution in [2.45, 2.75) is 173 Å². The fraction of sp³-hybridized carbons (Fsp3) is 0.452. The summed E-state index contributed by atoms with van der Waals surface area (Å²) in [7, 11) is 0. The van der Waals surface area contributed by atoms with Crippen LogP contribution in [0.2, 0.25) is 25.1 Å². The Morgan fingerprint density at radius 3 is 0.992 bits per heavy atom. The van der Waals surface area contributed by atoms with Crippen LogP contribution in [0.3, 0.4) is 0 Å². The van der Waals surface area contributed by atoms with Crippen molar-refractivity contribution >= 4 is 116 Å². The molecule has 1 aliphatic carbocycles. The Balaban J connectivity index is 0.000000115. The fourth-order valence-corrected chi connectivity index (χ4v) is 19.4. The first-order valence-electron chi connectivity index (χ1n) is 44.5. The number of hydrogen-bond donors (Lipinski definition) is 9. The molecule has 0 radical (unpaired) electrons. The zero-order valence-corrected chi connectivity index (χ0v) is 77.8. The summed E-state index contributed by atoms with van der Waals surface area (Å²) < 4.78 is 0. The number of anilines is 5. The van der Waals surface area contributed by atoms with Gasteiger partial charge in [0.1, 0.15) is 57.6 Å². The predicted molar refractivity (Wildman–Crippen MR) is 512 cm³/mol. The van der Waals surface area contributed by atoms with Crippen LogP contribution in [0.15, 0.2) is 123 Å². The second kappa shape index (κ2) is 38.7. The molecule has 21 rings (SSSR count). The second-order valence-corrected chi connectivity index (χ2v) is 37.7. The first kappa shape index (κ1) is 92.5. The highest BCUT2D eigenvalue weighted by molar-refractivity contribution is 6.38. The van der Waals surface area contributed by atoms with Crippen LogP contribution in [0, 0.1) is 40.0 Å². The van der Waals surface area contributed by atoms with Crippen molar-refractivity contribution in [1.82, 2.24) is 69.8 Å². The SMILES string of the molecule is Cc1cc(C2=NCc3nc(N4CCC(O)(CN)CC4)cnc32)c(Cl)cn1.Cc1cccc(Cl)c1C1=NCc2nc(N3CCC(N)(CO)CC3)cnc21.Cc1nccc(C2=NCc3nc(N4CCC(N)(CO)CC4)cnc32)c1Cl.Cc1nccc(C2=NCc3nc(N4CCC(O)(CN)CC4)cnc32)c1Cl.Cc1nccc(C2=NCc3nc(N4CCC5(CCC5N)CC4)cnc32)c1Cl. The van der Waals surface area contributed by atoms with E-state index >= 15 is 0 Å². The number of aliphatic hydroxyl groups is 4. The summed E-state index contributed by atoms with van der Waals surface area (Å²) in [6.45, 7) is 20.6. The summed E-state index contributed by atoms with van der Waals surface area (Å²) in [4.78, 5) is 98.1. The zero-order valence-electron chi connectivity index (χ0n) is 74.0. The van der Waals surface area contributed by atoms with Crippen molar-refractivity contribution in [3.63, 3.8) is 0 Å². The number of nitrogens with zero attached hydrogens (tertiary/aromatic N) is 24. The Kier molecular flexibility index (Phi) is 27.3. The molecule has 19 heterocycles. The van der Waals surface area contributed by atoms with Gasteiger partial charge < -0.3 is 73.6 Å². The lowest BCUT2D eigenvalue weighted by Gasteiger charge is -2.52. The molecule has 1 atom stereocenters. The lowest BCUT2D eigenvalue weighted by molar-refractivity contribution is 0.0245. The van der Waals surface area contributed by atoms with E-state index in [-0.39, 0.29) is 13.2 Å². The van der Waals surface area contributed by atoms with Gasteiger partial charge in [-0.25, -0.2) is 49.8 Å². The Bertz CT molecular complexity index is 5840. The van der Waals surface area contributed by atoms with Crippen LogP contribution in [-0.2, 0) is 32.7 Å². The number of benzene rings is 1. The summed E-state index contributed by atoms with van der Waals surface area (Å²) in [5, 5.41) is 42.5. The molecule has 1 unspecified atom stereocenters. The van der Waals surface area contributed by atoms with E-state index < -0.39 is 22.3 Å². The van der Waals surface area contributed by atoms with Gasteiger partial charge in [0.05, 0.1) is 187 Å². The van der Waals surface area contributed by atoms with Crippen LogP contribution in [0.5, 0.6) is 0 Å². The molecule has 10 aromatic rings. The van der Waals surface area contributed by atoms with Crippen molar-refractivity contribution < 1.29 is 20.4 Å². The third kappa shape index (κ3) is 19.3. The number of aliphatic imine (C=N–C) groups is 5. The van der Waals surface area contributed by atoms with Crippen molar-refractivity contribution in [3.8, 4) is 0 Å². The van der Waals surface area contributed by atoms with Crippen LogP contribution in [0.1, 0.15) is 190 Å². The molecule has 1 saturated carbocycles. The molecular formula is C93H108Cl5N29O4. The van der Waals surface area contributed by atoms with Crippen LogP contribution in [0.25, 0.3) is 0 Å². The Morgan fingerprint density at radius 2 is 0.687 bits per heavy atom. The number of aliphatic hydroxyl groups excluding tert-OH is 2. The molecule has 6 fully saturated rings. The molecular weight excluding hydrogens is 1760 g/mol. The van der Waals surface area contributed by atoms with Gasteiger partial charge in [0.15, 0.2) is 0 Å². The number of halogens is 5. The molecule has 11 aliphatic rings. The normalized spacial score (nSPS) is 19.5. The van der Waals surface area contributed by atoms with Gasteiger partial charge in [0, 0.05) is 154 Å². The number of fused-ring (bicyclic) bond motifs is 5. The van der Waals surface area contributed by atoms with Crippen LogP contribution < -0.4 is 53.2 Å². The van der Waals surface area contributed by atoms with Crippen molar-refractivity contribution in [2.24, 2.45) is 59.0 Å².